The van der Waals surface area contributed by atoms with Crippen molar-refractivity contribution in [1.29, 1.82) is 5.26 Å². The maximum Gasteiger partial charge on any atom is 0.509 e. The van der Waals surface area contributed by atoms with E-state index < -0.39 is 18.1 Å². The molecule has 0 unspecified atom stereocenters. The Morgan fingerprint density at radius 3 is 2.62 bits per heavy atom. The monoisotopic (exact) mass is 223 g/mol. The van der Waals surface area contributed by atoms with Crippen molar-refractivity contribution in [3.63, 3.8) is 0 Å². The second-order valence-corrected chi connectivity index (χ2v) is 2.86. The molecule has 0 heterocycles. The van der Waals surface area contributed by atoms with E-state index in [1.165, 1.54) is 24.3 Å². The van der Waals surface area contributed by atoms with Gasteiger partial charge in [0.2, 0.25) is 6.10 Å². The summed E-state index contributed by atoms with van der Waals surface area (Å²) >= 11 is 0. The highest BCUT2D eigenvalue weighted by Crippen LogP contribution is 2.17. The van der Waals surface area contributed by atoms with Crippen LogP contribution in [0.3, 0.4) is 0 Å². The lowest BCUT2D eigenvalue weighted by Gasteiger charge is -2.10. The number of carbonyl (C=O) groups is 1. The molecule has 1 atom stereocenters. The van der Waals surface area contributed by atoms with Crippen LogP contribution in [0.15, 0.2) is 24.3 Å². The number of hydrogen-bond acceptors (Lipinski definition) is 4. The van der Waals surface area contributed by atoms with Crippen LogP contribution in [0.4, 0.5) is 9.18 Å². The molecule has 0 radical (unpaired) electrons. The molecule has 5 heteroatoms. The zero-order valence-corrected chi connectivity index (χ0v) is 8.64. The van der Waals surface area contributed by atoms with Gasteiger partial charge in [-0.05, 0) is 19.1 Å². The quantitative estimate of drug-likeness (QED) is 0.739. The van der Waals surface area contributed by atoms with Gasteiger partial charge in [0.25, 0.3) is 0 Å². The van der Waals surface area contributed by atoms with Gasteiger partial charge in [0, 0.05) is 5.56 Å². The molecule has 1 rings (SSSR count). The van der Waals surface area contributed by atoms with Gasteiger partial charge in [-0.15, -0.1) is 0 Å². The van der Waals surface area contributed by atoms with E-state index in [-0.39, 0.29) is 6.61 Å². The molecule has 16 heavy (non-hydrogen) atoms. The smallest absolute Gasteiger partial charge is 0.435 e. The second-order valence-electron chi connectivity index (χ2n) is 2.86. The fourth-order valence-electron chi connectivity index (χ4n) is 1.05. The summed E-state index contributed by atoms with van der Waals surface area (Å²) in [6.45, 7) is 1.79. The van der Waals surface area contributed by atoms with Gasteiger partial charge in [-0.25, -0.2) is 9.18 Å². The van der Waals surface area contributed by atoms with Gasteiger partial charge in [-0.2, -0.15) is 5.26 Å². The van der Waals surface area contributed by atoms with Crippen LogP contribution in [-0.4, -0.2) is 12.8 Å². The van der Waals surface area contributed by atoms with E-state index in [4.69, 9.17) is 10.00 Å². The SMILES string of the molecule is CCOC(=O)O[C@H](C#N)c1ccc(F)cc1. The lowest BCUT2D eigenvalue weighted by Crippen LogP contribution is -2.11. The van der Waals surface area contributed by atoms with Crippen LogP contribution in [0.25, 0.3) is 0 Å². The first-order valence-corrected chi connectivity index (χ1v) is 4.66. The Hall–Kier alpha value is -2.09. The van der Waals surface area contributed by atoms with Gasteiger partial charge < -0.3 is 9.47 Å². The van der Waals surface area contributed by atoms with Crippen LogP contribution in [0, 0.1) is 17.1 Å². The van der Waals surface area contributed by atoms with Gasteiger partial charge >= 0.3 is 6.16 Å². The number of hydrogen-bond donors (Lipinski definition) is 0. The maximum atomic E-state index is 12.6. The van der Waals surface area contributed by atoms with E-state index in [1.807, 2.05) is 0 Å². The molecule has 0 spiro atoms. The summed E-state index contributed by atoms with van der Waals surface area (Å²) in [5, 5.41) is 8.79. The Balaban J connectivity index is 2.72. The predicted octanol–water partition coefficient (Wildman–Crippen LogP) is 2.56. The molecule has 0 saturated heterocycles. The molecule has 4 nitrogen and oxygen atoms in total. The molecule has 0 amide bonds. The van der Waals surface area contributed by atoms with E-state index in [0.717, 1.165) is 0 Å². The van der Waals surface area contributed by atoms with Crippen molar-refractivity contribution in [2.75, 3.05) is 6.61 Å². The number of benzene rings is 1. The summed E-state index contributed by atoms with van der Waals surface area (Å²) in [7, 11) is 0. The molecule has 0 fully saturated rings. The van der Waals surface area contributed by atoms with Gasteiger partial charge in [-0.1, -0.05) is 12.1 Å². The number of ether oxygens (including phenoxy) is 2. The van der Waals surface area contributed by atoms with E-state index in [2.05, 4.69) is 4.74 Å². The minimum atomic E-state index is -1.08. The van der Waals surface area contributed by atoms with Crippen molar-refractivity contribution in [3.8, 4) is 6.07 Å². The summed E-state index contributed by atoms with van der Waals surface area (Å²) in [4.78, 5) is 11.0. The van der Waals surface area contributed by atoms with Crippen molar-refractivity contribution < 1.29 is 18.7 Å². The third-order valence-corrected chi connectivity index (χ3v) is 1.77. The number of carbonyl (C=O) groups excluding carboxylic acids is 1. The third kappa shape index (κ3) is 3.24. The van der Waals surface area contributed by atoms with E-state index in [9.17, 15) is 9.18 Å². The molecule has 0 aromatic heterocycles. The minimum absolute atomic E-state index is 0.167. The van der Waals surface area contributed by atoms with Crippen LogP contribution >= 0.6 is 0 Å². The van der Waals surface area contributed by atoms with Gasteiger partial charge in [-0.3, -0.25) is 0 Å². The van der Waals surface area contributed by atoms with Gasteiger partial charge in [0.15, 0.2) is 0 Å². The summed E-state index contributed by atoms with van der Waals surface area (Å²) in [6, 6.07) is 6.91. The molecule has 1 aromatic rings. The lowest BCUT2D eigenvalue weighted by molar-refractivity contribution is 0.0421. The average molecular weight is 223 g/mol. The van der Waals surface area contributed by atoms with E-state index in [0.29, 0.717) is 5.56 Å². The average Bonchev–Trinajstić information content (AvgIpc) is 2.27. The fourth-order valence-corrected chi connectivity index (χ4v) is 1.05. The Morgan fingerprint density at radius 2 is 2.12 bits per heavy atom. The van der Waals surface area contributed by atoms with Crippen LogP contribution in [-0.2, 0) is 9.47 Å². The molecule has 0 bridgehead atoms. The van der Waals surface area contributed by atoms with E-state index in [1.54, 1.807) is 13.0 Å². The number of rotatable bonds is 3. The zero-order chi connectivity index (χ0) is 12.0. The Morgan fingerprint density at radius 1 is 1.50 bits per heavy atom. The first-order chi connectivity index (χ1) is 7.67. The zero-order valence-electron chi connectivity index (χ0n) is 8.64. The molecular weight excluding hydrogens is 213 g/mol. The summed E-state index contributed by atoms with van der Waals surface area (Å²) < 4.78 is 21.9. The molecule has 0 saturated carbocycles. The third-order valence-electron chi connectivity index (χ3n) is 1.77. The number of halogens is 1. The fraction of sp³-hybridized carbons (Fsp3) is 0.273. The normalized spacial score (nSPS) is 11.3. The highest BCUT2D eigenvalue weighted by molar-refractivity contribution is 5.60. The maximum absolute atomic E-state index is 12.6. The van der Waals surface area contributed by atoms with Gasteiger partial charge in [0.1, 0.15) is 11.9 Å². The molecule has 0 aliphatic rings. The predicted molar refractivity (Wildman–Crippen MR) is 52.9 cm³/mol. The lowest BCUT2D eigenvalue weighted by atomic mass is 10.1. The van der Waals surface area contributed by atoms with Crippen molar-refractivity contribution in [1.82, 2.24) is 0 Å². The Bertz CT molecular complexity index is 397. The molecular formula is C11H10FNO3. The van der Waals surface area contributed by atoms with Crippen LogP contribution < -0.4 is 0 Å². The second kappa shape index (κ2) is 5.71. The largest absolute Gasteiger partial charge is 0.509 e. The summed E-state index contributed by atoms with van der Waals surface area (Å²) in [5.74, 6) is -0.420. The van der Waals surface area contributed by atoms with Crippen molar-refractivity contribution in [2.24, 2.45) is 0 Å². The molecule has 0 aliphatic heterocycles. The molecule has 84 valence electrons. The Kier molecular flexibility index (Phi) is 4.28. The standard InChI is InChI=1S/C11H10FNO3/c1-2-15-11(14)16-10(7-13)8-3-5-9(12)6-4-8/h3-6,10H,2H2,1H3/t10-/m1/s1. The first kappa shape index (κ1) is 12.0. The summed E-state index contributed by atoms with van der Waals surface area (Å²) in [5.41, 5.74) is 0.400. The highest BCUT2D eigenvalue weighted by Gasteiger charge is 2.16. The number of nitrogens with zero attached hydrogens (tertiary/aromatic N) is 1. The highest BCUT2D eigenvalue weighted by atomic mass is 19.1. The van der Waals surface area contributed by atoms with Gasteiger partial charge in [0.05, 0.1) is 6.61 Å². The molecule has 0 aliphatic carbocycles. The van der Waals surface area contributed by atoms with Crippen molar-refractivity contribution in [3.05, 3.63) is 35.6 Å². The topological polar surface area (TPSA) is 59.3 Å². The first-order valence-electron chi connectivity index (χ1n) is 4.66. The molecule has 0 N–H and O–H groups in total. The van der Waals surface area contributed by atoms with Crippen LogP contribution in [0.1, 0.15) is 18.6 Å². The van der Waals surface area contributed by atoms with E-state index >= 15 is 0 Å². The number of nitriles is 1. The Labute approximate surface area is 92.2 Å². The summed E-state index contributed by atoms with van der Waals surface area (Å²) in [6.07, 6.45) is -2.00. The molecule has 1 aromatic carbocycles. The minimum Gasteiger partial charge on any atom is -0.435 e. The van der Waals surface area contributed by atoms with Crippen LogP contribution in [0.5, 0.6) is 0 Å². The van der Waals surface area contributed by atoms with Crippen molar-refractivity contribution in [2.45, 2.75) is 13.0 Å². The van der Waals surface area contributed by atoms with Crippen LogP contribution in [0.2, 0.25) is 0 Å². The van der Waals surface area contributed by atoms with Crippen molar-refractivity contribution >= 4 is 6.16 Å².